The Kier molecular flexibility index (Phi) is 7.26. The summed E-state index contributed by atoms with van der Waals surface area (Å²) >= 11 is 0. The van der Waals surface area contributed by atoms with Crippen LogP contribution in [-0.4, -0.2) is 70.2 Å². The molecule has 5 amide bonds. The summed E-state index contributed by atoms with van der Waals surface area (Å²) in [6.45, 7) is 0.250. The van der Waals surface area contributed by atoms with Crippen LogP contribution < -0.4 is 21.7 Å². The fourth-order valence-electron chi connectivity index (χ4n) is 3.91. The summed E-state index contributed by atoms with van der Waals surface area (Å²) in [5.74, 6) is -3.87. The van der Waals surface area contributed by atoms with Crippen molar-refractivity contribution in [2.45, 2.75) is 50.2 Å². The average molecular weight is 459 g/mol. The lowest BCUT2D eigenvalue weighted by Gasteiger charge is -2.28. The second kappa shape index (κ2) is 10.1. The highest BCUT2D eigenvalue weighted by Crippen LogP contribution is 2.21. The van der Waals surface area contributed by atoms with E-state index in [0.29, 0.717) is 18.5 Å². The largest absolute Gasteiger partial charge is 0.478 e. The molecule has 2 fully saturated rings. The Hall–Kier alpha value is -3.96. The number of aromatic carboxylic acids is 1. The second-order valence-corrected chi connectivity index (χ2v) is 7.95. The number of hydrogen-bond donors (Lipinski definition) is 5. The summed E-state index contributed by atoms with van der Waals surface area (Å²) in [6, 6.07) is 2.66. The molecule has 1 aromatic carbocycles. The van der Waals surface area contributed by atoms with Crippen molar-refractivity contribution in [3.8, 4) is 0 Å². The Morgan fingerprint density at radius 3 is 2.39 bits per heavy atom. The van der Waals surface area contributed by atoms with E-state index >= 15 is 0 Å². The highest BCUT2D eigenvalue weighted by atomic mass is 16.4. The number of carbonyl (C=O) groups is 6. The van der Waals surface area contributed by atoms with E-state index < -0.39 is 54.1 Å². The number of likely N-dealkylation sites (tertiary alicyclic amines) is 1. The maximum absolute atomic E-state index is 13.2. The summed E-state index contributed by atoms with van der Waals surface area (Å²) < 4.78 is 0. The van der Waals surface area contributed by atoms with Gasteiger partial charge in [-0.1, -0.05) is 0 Å². The molecule has 6 N–H and O–H groups in total. The molecule has 0 bridgehead atoms. The van der Waals surface area contributed by atoms with E-state index in [1.54, 1.807) is 0 Å². The van der Waals surface area contributed by atoms with Crippen LogP contribution in [0.1, 0.15) is 42.5 Å². The molecule has 3 unspecified atom stereocenters. The standard InChI is InChI=1S/C21H25N5O7/c22-16(27)10-14(25-18(29)13-7-8-17(28)24-13)20(31)26-9-1-2-15(26)19(30)23-12-5-3-11(4-6-12)21(32)33/h3-6,13-15H,1-2,7-10H2,(H2,22,27)(H,23,30)(H,24,28)(H,25,29)(H,32,33). The van der Waals surface area contributed by atoms with E-state index in [1.165, 1.54) is 29.2 Å². The van der Waals surface area contributed by atoms with Gasteiger partial charge in [0.15, 0.2) is 0 Å². The fourth-order valence-corrected chi connectivity index (χ4v) is 3.91. The van der Waals surface area contributed by atoms with Gasteiger partial charge in [0.25, 0.3) is 0 Å². The van der Waals surface area contributed by atoms with Crippen LogP contribution in [-0.2, 0) is 24.0 Å². The molecule has 2 heterocycles. The van der Waals surface area contributed by atoms with Gasteiger partial charge < -0.3 is 31.7 Å². The van der Waals surface area contributed by atoms with Crippen molar-refractivity contribution in [3.05, 3.63) is 29.8 Å². The van der Waals surface area contributed by atoms with Gasteiger partial charge in [0.2, 0.25) is 29.5 Å². The zero-order valence-electron chi connectivity index (χ0n) is 17.7. The third kappa shape index (κ3) is 5.84. The normalized spacial score (nSPS) is 20.6. The molecule has 12 nitrogen and oxygen atoms in total. The fraction of sp³-hybridized carbons (Fsp3) is 0.429. The number of nitrogens with zero attached hydrogens (tertiary/aromatic N) is 1. The first-order chi connectivity index (χ1) is 15.7. The molecule has 2 aliphatic rings. The van der Waals surface area contributed by atoms with E-state index in [0.717, 1.165) is 0 Å². The van der Waals surface area contributed by atoms with Gasteiger partial charge in [0.05, 0.1) is 12.0 Å². The van der Waals surface area contributed by atoms with Crippen molar-refractivity contribution in [3.63, 3.8) is 0 Å². The third-order valence-electron chi connectivity index (χ3n) is 5.57. The minimum atomic E-state index is -1.27. The number of benzene rings is 1. The van der Waals surface area contributed by atoms with Crippen molar-refractivity contribution in [1.82, 2.24) is 15.5 Å². The van der Waals surface area contributed by atoms with E-state index in [1.807, 2.05) is 0 Å². The molecule has 0 aromatic heterocycles. The monoisotopic (exact) mass is 459 g/mol. The first-order valence-corrected chi connectivity index (χ1v) is 10.5. The van der Waals surface area contributed by atoms with Crippen LogP contribution in [0, 0.1) is 0 Å². The molecule has 3 atom stereocenters. The van der Waals surface area contributed by atoms with Crippen molar-refractivity contribution >= 4 is 41.2 Å². The number of carbonyl (C=O) groups excluding carboxylic acids is 5. The van der Waals surface area contributed by atoms with Crippen LogP contribution in [0.3, 0.4) is 0 Å². The number of anilines is 1. The molecule has 3 rings (SSSR count). The maximum atomic E-state index is 13.2. The lowest BCUT2D eigenvalue weighted by atomic mass is 10.1. The van der Waals surface area contributed by atoms with Crippen molar-refractivity contribution in [1.29, 1.82) is 0 Å². The van der Waals surface area contributed by atoms with Crippen molar-refractivity contribution < 1.29 is 33.9 Å². The minimum Gasteiger partial charge on any atom is -0.478 e. The van der Waals surface area contributed by atoms with Crippen LogP contribution in [0.15, 0.2) is 24.3 Å². The van der Waals surface area contributed by atoms with E-state index in [2.05, 4.69) is 16.0 Å². The van der Waals surface area contributed by atoms with Gasteiger partial charge in [0, 0.05) is 18.7 Å². The van der Waals surface area contributed by atoms with E-state index in [4.69, 9.17) is 10.8 Å². The molecule has 33 heavy (non-hydrogen) atoms. The smallest absolute Gasteiger partial charge is 0.335 e. The van der Waals surface area contributed by atoms with Crippen LogP contribution in [0.2, 0.25) is 0 Å². The number of nitrogens with two attached hydrogens (primary N) is 1. The summed E-state index contributed by atoms with van der Waals surface area (Å²) in [7, 11) is 0. The quantitative estimate of drug-likeness (QED) is 0.328. The van der Waals surface area contributed by atoms with Crippen molar-refractivity contribution in [2.24, 2.45) is 5.73 Å². The number of hydrogen-bond acceptors (Lipinski definition) is 6. The number of amides is 5. The summed E-state index contributed by atoms with van der Waals surface area (Å²) in [5, 5.41) is 16.6. The minimum absolute atomic E-state index is 0.0640. The molecule has 0 saturated carbocycles. The Balaban J connectivity index is 1.68. The van der Waals surface area contributed by atoms with Crippen LogP contribution in [0.5, 0.6) is 0 Å². The molecule has 176 valence electrons. The molecular weight excluding hydrogens is 434 g/mol. The SMILES string of the molecule is NC(=O)CC(NC(=O)C1CCC(=O)N1)C(=O)N1CCCC1C(=O)Nc1ccc(C(=O)O)cc1. The average Bonchev–Trinajstić information content (AvgIpc) is 3.42. The van der Waals surface area contributed by atoms with E-state index in [9.17, 15) is 28.8 Å². The summed E-state index contributed by atoms with van der Waals surface area (Å²) in [5.41, 5.74) is 5.69. The topological polar surface area (TPSA) is 188 Å². The molecular formula is C21H25N5O7. The van der Waals surface area contributed by atoms with E-state index in [-0.39, 0.29) is 30.9 Å². The number of primary amides is 1. The summed E-state index contributed by atoms with van der Waals surface area (Å²) in [6.07, 6.45) is 0.928. The lowest BCUT2D eigenvalue weighted by molar-refractivity contribution is -0.141. The molecule has 2 saturated heterocycles. The zero-order valence-corrected chi connectivity index (χ0v) is 17.7. The van der Waals surface area contributed by atoms with Crippen LogP contribution in [0.4, 0.5) is 5.69 Å². The highest BCUT2D eigenvalue weighted by Gasteiger charge is 2.39. The predicted octanol–water partition coefficient (Wildman–Crippen LogP) is -1.05. The Labute approximate surface area is 188 Å². The van der Waals surface area contributed by atoms with Crippen LogP contribution in [0.25, 0.3) is 0 Å². The van der Waals surface area contributed by atoms with Crippen LogP contribution >= 0.6 is 0 Å². The number of carboxylic acids is 1. The third-order valence-corrected chi connectivity index (χ3v) is 5.57. The summed E-state index contributed by atoms with van der Waals surface area (Å²) in [4.78, 5) is 73.6. The maximum Gasteiger partial charge on any atom is 0.335 e. The molecule has 0 radical (unpaired) electrons. The van der Waals surface area contributed by atoms with Gasteiger partial charge in [-0.25, -0.2) is 4.79 Å². The van der Waals surface area contributed by atoms with Crippen molar-refractivity contribution in [2.75, 3.05) is 11.9 Å². The second-order valence-electron chi connectivity index (χ2n) is 7.95. The molecule has 2 aliphatic heterocycles. The highest BCUT2D eigenvalue weighted by molar-refractivity contribution is 6.00. The van der Waals surface area contributed by atoms with Gasteiger partial charge in [-0.15, -0.1) is 0 Å². The first-order valence-electron chi connectivity index (χ1n) is 10.5. The Morgan fingerprint density at radius 1 is 1.12 bits per heavy atom. The first kappa shape index (κ1) is 23.7. The predicted molar refractivity (Wildman–Crippen MR) is 114 cm³/mol. The Morgan fingerprint density at radius 2 is 1.82 bits per heavy atom. The zero-order chi connectivity index (χ0) is 24.1. The number of carboxylic acid groups (broad SMARTS) is 1. The molecule has 1 aromatic rings. The molecule has 0 aliphatic carbocycles. The van der Waals surface area contributed by atoms with Gasteiger partial charge in [0.1, 0.15) is 18.1 Å². The van der Waals surface area contributed by atoms with Gasteiger partial charge in [-0.05, 0) is 43.5 Å². The number of nitrogens with one attached hydrogen (secondary N) is 3. The molecule has 0 spiro atoms. The lowest BCUT2D eigenvalue weighted by Crippen LogP contribution is -2.56. The Bertz CT molecular complexity index is 978. The number of rotatable bonds is 8. The van der Waals surface area contributed by atoms with Gasteiger partial charge in [-0.3, -0.25) is 24.0 Å². The van der Waals surface area contributed by atoms with Gasteiger partial charge >= 0.3 is 5.97 Å². The molecule has 12 heteroatoms. The van der Waals surface area contributed by atoms with Gasteiger partial charge in [-0.2, -0.15) is 0 Å².